The molecule has 0 heterocycles. The molecule has 0 aromatic carbocycles. The van der Waals surface area contributed by atoms with Gasteiger partial charge < -0.3 is 0 Å². The van der Waals surface area contributed by atoms with Crippen LogP contribution in [0.3, 0.4) is 0 Å². The number of rotatable bonds is 0. The fraction of sp³-hybridized carbons (Fsp3) is 0. The van der Waals surface area contributed by atoms with Crippen molar-refractivity contribution in [3.63, 3.8) is 0 Å². The van der Waals surface area contributed by atoms with E-state index in [4.69, 9.17) is 0 Å². The van der Waals surface area contributed by atoms with Gasteiger partial charge in [0.2, 0.25) is 0 Å². The van der Waals surface area contributed by atoms with Crippen LogP contribution < -0.4 is 0 Å². The molecule has 0 saturated heterocycles. The van der Waals surface area contributed by atoms with E-state index in [1.54, 1.807) is 19.0 Å². The van der Waals surface area contributed by atoms with E-state index in [9.17, 15) is 0 Å². The van der Waals surface area contributed by atoms with Crippen LogP contribution in [0.4, 0.5) is 0 Å². The first-order valence-electron chi connectivity index (χ1n) is 0.676. The molecule has 0 aromatic rings. The second kappa shape index (κ2) is 8.82. The maximum Gasteiger partial charge on any atom is 0 e. The first kappa shape index (κ1) is 9.18. The van der Waals surface area contributed by atoms with Gasteiger partial charge in [0.15, 0.2) is 0 Å². The van der Waals surface area contributed by atoms with Crippen LogP contribution >= 0.6 is 9.12 Å². The van der Waals surface area contributed by atoms with E-state index in [0.717, 1.165) is 0 Å². The van der Waals surface area contributed by atoms with Crippen molar-refractivity contribution in [2.45, 2.75) is 0 Å². The van der Waals surface area contributed by atoms with Crippen LogP contribution in [0.2, 0.25) is 0 Å². The smallest absolute Gasteiger partial charge is 0 e. The zero-order valence-corrected chi connectivity index (χ0v) is 6.91. The minimum atomic E-state index is 0. The fourth-order valence-corrected chi connectivity index (χ4v) is 0. The van der Waals surface area contributed by atoms with E-state index in [-0.39, 0.29) is 16.8 Å². The quantitative estimate of drug-likeness (QED) is 0.423. The van der Waals surface area contributed by atoms with Crippen LogP contribution in [0.1, 0.15) is 0 Å². The van der Waals surface area contributed by atoms with Gasteiger partial charge in [-0.15, -0.1) is 0 Å². The van der Waals surface area contributed by atoms with Gasteiger partial charge in [-0.25, -0.2) is 0 Å². The molecule has 1 unspecified atom stereocenters. The summed E-state index contributed by atoms with van der Waals surface area (Å²) in [4.78, 5) is 0. The molecule has 0 aromatic heterocycles. The fourth-order valence-electron chi connectivity index (χ4n) is 0. The van der Waals surface area contributed by atoms with Gasteiger partial charge in [0.1, 0.15) is 0 Å². The predicted octanol–water partition coefficient (Wildman–Crippen LogP) is -0.328. The molecule has 1 atom stereocenters. The van der Waals surface area contributed by atoms with Gasteiger partial charge in [0, 0.05) is 16.8 Å². The molecule has 0 N–H and O–H groups in total. The van der Waals surface area contributed by atoms with E-state index in [0.29, 0.717) is 0 Å². The summed E-state index contributed by atoms with van der Waals surface area (Å²) >= 11 is 1.79. The number of hydrogen-bond donors (Lipinski definition) is 0. The molecule has 0 rings (SSSR count). The van der Waals surface area contributed by atoms with Crippen molar-refractivity contribution in [2.24, 2.45) is 0 Å². The van der Waals surface area contributed by atoms with Crippen molar-refractivity contribution in [1.29, 1.82) is 0 Å². The monoisotopic (exact) mass is 291 g/mol. The Morgan fingerprint density at radius 1 is 1.75 bits per heavy atom. The van der Waals surface area contributed by atoms with E-state index < -0.39 is 0 Å². The first-order valence-corrected chi connectivity index (χ1v) is 3.41. The molecule has 0 bridgehead atoms. The first-order chi connectivity index (χ1) is 1.41. The van der Waals surface area contributed by atoms with Crippen LogP contribution in [-0.2, 0) is 35.8 Å². The molecule has 27 valence electrons. The van der Waals surface area contributed by atoms with Crippen LogP contribution in [0, 0.1) is 0 Å². The van der Waals surface area contributed by atoms with Gasteiger partial charge in [0.25, 0.3) is 0 Å². The summed E-state index contributed by atoms with van der Waals surface area (Å²) in [5.41, 5.74) is 0. The standard InChI is InChI=1S/BH3P.Co.Re/c1-2;;/h1H,2H2;;/q+1;;-1. The summed E-state index contributed by atoms with van der Waals surface area (Å²) in [5, 5.41) is 1.22. The van der Waals surface area contributed by atoms with Crippen molar-refractivity contribution >= 4 is 14.5 Å². The topological polar surface area (TPSA) is 0 Å². The van der Waals surface area contributed by atoms with Gasteiger partial charge in [-0.05, 0) is 0 Å². The zero-order chi connectivity index (χ0) is 2.71. The van der Waals surface area contributed by atoms with Crippen LogP contribution in [0.15, 0.2) is 0 Å². The zero-order valence-electron chi connectivity index (χ0n) is 2.00. The molecule has 4 heteroatoms. The minimum Gasteiger partial charge on any atom is 0 e. The van der Waals surface area contributed by atoms with Crippen molar-refractivity contribution < 1.29 is 35.8 Å². The molecule has 0 nitrogen and oxygen atoms in total. The summed E-state index contributed by atoms with van der Waals surface area (Å²) in [6, 6.07) is 0. The maximum atomic E-state index is 2.60. The normalized spacial score (nSPS) is 3.50. The van der Waals surface area contributed by atoms with Crippen molar-refractivity contribution in [3.8, 4) is 0 Å². The van der Waals surface area contributed by atoms with Gasteiger partial charge in [-0.3, -0.25) is 0 Å². The summed E-state index contributed by atoms with van der Waals surface area (Å²) in [7, 11) is 2.60. The Hall–Kier alpha value is 1.66. The Balaban J connectivity index is 0. The molecule has 0 aliphatic rings. The Kier molecular flexibility index (Phi) is 20.2. The molecule has 4 heavy (non-hydrogen) atoms. The Bertz CT molecular complexity index is 8.00. The van der Waals surface area contributed by atoms with E-state index >= 15 is 0 Å². The van der Waals surface area contributed by atoms with Crippen molar-refractivity contribution in [2.75, 3.05) is 0 Å². The average Bonchev–Trinajstić information content (AvgIpc) is 0.918. The average molecular weight is 290 g/mol. The molecular weight excluding hydrogens is 287 g/mol. The maximum absolute atomic E-state index is 2.60. The molecule has 0 aliphatic carbocycles. The van der Waals surface area contributed by atoms with Gasteiger partial charge in [-0.1, -0.05) is 0 Å². The van der Waals surface area contributed by atoms with E-state index in [2.05, 4.69) is 9.12 Å². The molecule has 0 amide bonds. The molecule has 0 aliphatic heterocycles. The molecule has 0 spiro atoms. The minimum absolute atomic E-state index is 0. The van der Waals surface area contributed by atoms with Crippen LogP contribution in [0.5, 0.6) is 0 Å². The van der Waals surface area contributed by atoms with E-state index in [1.807, 2.05) is 0 Å². The number of hydrogen-bond acceptors (Lipinski definition) is 0. The molecule has 0 saturated carbocycles. The van der Waals surface area contributed by atoms with Gasteiger partial charge in [-0.2, -0.15) is 0 Å². The van der Waals surface area contributed by atoms with Crippen molar-refractivity contribution in [1.82, 2.24) is 0 Å². The SMILES string of the molecule is P[BH][Re].[Co]. The van der Waals surface area contributed by atoms with Crippen LogP contribution in [-0.4, -0.2) is 5.35 Å². The van der Waals surface area contributed by atoms with E-state index in [1.165, 1.54) is 5.35 Å². The summed E-state index contributed by atoms with van der Waals surface area (Å²) in [6.45, 7) is 0. The molecule has 0 fully saturated rings. The Morgan fingerprint density at radius 3 is 1.75 bits per heavy atom. The molecular formula is H3BCoPRe. The largest absolute Gasteiger partial charge is 0 e. The van der Waals surface area contributed by atoms with Crippen molar-refractivity contribution in [3.05, 3.63) is 0 Å². The summed E-state index contributed by atoms with van der Waals surface area (Å²) in [5.74, 6) is 0. The van der Waals surface area contributed by atoms with Gasteiger partial charge in [0.05, 0.1) is 0 Å². The summed E-state index contributed by atoms with van der Waals surface area (Å²) in [6.07, 6.45) is 0. The second-order valence-corrected chi connectivity index (χ2v) is 3.79. The van der Waals surface area contributed by atoms with Crippen LogP contribution in [0.25, 0.3) is 0 Å². The third-order valence-corrected chi connectivity index (χ3v) is 0. The second-order valence-electron chi connectivity index (χ2n) is 0.154. The Morgan fingerprint density at radius 2 is 1.75 bits per heavy atom. The third kappa shape index (κ3) is 9.39. The molecule has 1 radical (unpaired) electrons. The third-order valence-electron chi connectivity index (χ3n) is 0. The van der Waals surface area contributed by atoms with Gasteiger partial charge >= 0.3 is 33.5 Å². The summed E-state index contributed by atoms with van der Waals surface area (Å²) < 4.78 is 0. The Labute approximate surface area is 50.3 Å². The predicted molar refractivity (Wildman–Crippen MR) is 16.9 cm³/mol.